The van der Waals surface area contributed by atoms with E-state index in [9.17, 15) is 0 Å². The van der Waals surface area contributed by atoms with Crippen molar-refractivity contribution in [3.63, 3.8) is 0 Å². The Hall–Kier alpha value is -0.960. The Morgan fingerprint density at radius 1 is 1.11 bits per heavy atom. The summed E-state index contributed by atoms with van der Waals surface area (Å²) in [4.78, 5) is 6.34. The van der Waals surface area contributed by atoms with Crippen LogP contribution in [0.3, 0.4) is 0 Å². The molecule has 0 unspecified atom stereocenters. The highest BCUT2D eigenvalue weighted by Crippen LogP contribution is 2.27. The number of pyridine rings is 1. The Labute approximate surface area is 127 Å². The van der Waals surface area contributed by atoms with Crippen LogP contribution in [0.4, 0.5) is 5.82 Å². The van der Waals surface area contributed by atoms with Gasteiger partial charge < -0.3 is 4.90 Å². The van der Waals surface area contributed by atoms with Crippen molar-refractivity contribution < 1.29 is 0 Å². The summed E-state index contributed by atoms with van der Waals surface area (Å²) in [7, 11) is 0. The molecule has 2 rings (SSSR count). The highest BCUT2D eigenvalue weighted by atomic mass is 35.5. The van der Waals surface area contributed by atoms with Crippen molar-refractivity contribution in [2.24, 2.45) is 0 Å². The summed E-state index contributed by atoms with van der Waals surface area (Å²) < 4.78 is 0. The number of hydrogen-bond donors (Lipinski definition) is 0. The lowest BCUT2D eigenvalue weighted by Gasteiger charge is -2.23. The number of aromatic nitrogens is 1. The SMILES string of the molecule is ClCCN(Cc1ccccc1)c1ncc(Cl)cc1Cl. The molecule has 1 aromatic heterocycles. The van der Waals surface area contributed by atoms with E-state index < -0.39 is 0 Å². The molecule has 19 heavy (non-hydrogen) atoms. The molecule has 0 saturated heterocycles. The molecule has 2 aromatic rings. The number of halogens is 3. The van der Waals surface area contributed by atoms with E-state index in [1.54, 1.807) is 12.3 Å². The molecule has 0 saturated carbocycles. The van der Waals surface area contributed by atoms with E-state index in [1.165, 1.54) is 5.56 Å². The number of nitrogens with zero attached hydrogens (tertiary/aromatic N) is 2. The third-order valence-corrected chi connectivity index (χ3v) is 3.31. The lowest BCUT2D eigenvalue weighted by Crippen LogP contribution is -2.26. The van der Waals surface area contributed by atoms with Crippen LogP contribution < -0.4 is 4.90 Å². The summed E-state index contributed by atoms with van der Waals surface area (Å²) >= 11 is 17.9. The minimum atomic E-state index is 0.507. The van der Waals surface area contributed by atoms with Gasteiger partial charge in [-0.2, -0.15) is 0 Å². The fraction of sp³-hybridized carbons (Fsp3) is 0.214. The third-order valence-electron chi connectivity index (χ3n) is 2.66. The molecule has 0 aliphatic heterocycles. The van der Waals surface area contributed by atoms with Crippen molar-refractivity contribution in [1.82, 2.24) is 4.98 Å². The van der Waals surface area contributed by atoms with Gasteiger partial charge in [0.2, 0.25) is 0 Å². The molecule has 0 N–H and O–H groups in total. The molecular weight excluding hydrogens is 303 g/mol. The first-order valence-corrected chi connectivity index (χ1v) is 7.15. The Balaban J connectivity index is 2.24. The average Bonchev–Trinajstić information content (AvgIpc) is 2.39. The zero-order chi connectivity index (χ0) is 13.7. The Kier molecular flexibility index (Phi) is 5.32. The van der Waals surface area contributed by atoms with Crippen LogP contribution in [0.15, 0.2) is 42.6 Å². The molecule has 1 heterocycles. The monoisotopic (exact) mass is 314 g/mol. The lowest BCUT2D eigenvalue weighted by atomic mass is 10.2. The van der Waals surface area contributed by atoms with Gasteiger partial charge in [0, 0.05) is 25.2 Å². The number of hydrogen-bond acceptors (Lipinski definition) is 2. The van der Waals surface area contributed by atoms with Gasteiger partial charge in [-0.3, -0.25) is 0 Å². The molecule has 0 spiro atoms. The maximum atomic E-state index is 6.19. The summed E-state index contributed by atoms with van der Waals surface area (Å²) in [5, 5.41) is 1.06. The Morgan fingerprint density at radius 2 is 1.84 bits per heavy atom. The highest BCUT2D eigenvalue weighted by molar-refractivity contribution is 6.36. The van der Waals surface area contributed by atoms with E-state index in [0.717, 1.165) is 0 Å². The maximum Gasteiger partial charge on any atom is 0.147 e. The van der Waals surface area contributed by atoms with E-state index in [4.69, 9.17) is 34.8 Å². The Morgan fingerprint density at radius 3 is 2.47 bits per heavy atom. The third kappa shape index (κ3) is 4.00. The van der Waals surface area contributed by atoms with E-state index in [-0.39, 0.29) is 0 Å². The van der Waals surface area contributed by atoms with Crippen molar-refractivity contribution in [2.75, 3.05) is 17.3 Å². The first-order chi connectivity index (χ1) is 9.20. The zero-order valence-electron chi connectivity index (χ0n) is 10.2. The second-order valence-corrected chi connectivity index (χ2v) is 5.28. The number of rotatable bonds is 5. The van der Waals surface area contributed by atoms with Crippen LogP contribution in [-0.2, 0) is 6.54 Å². The van der Waals surface area contributed by atoms with Gasteiger partial charge in [0.1, 0.15) is 5.82 Å². The molecule has 0 radical (unpaired) electrons. The van der Waals surface area contributed by atoms with Crippen molar-refractivity contribution >= 4 is 40.6 Å². The van der Waals surface area contributed by atoms with Crippen LogP contribution in [0.5, 0.6) is 0 Å². The molecule has 2 nitrogen and oxygen atoms in total. The van der Waals surface area contributed by atoms with Crippen LogP contribution in [0.2, 0.25) is 10.0 Å². The van der Waals surface area contributed by atoms with E-state index in [2.05, 4.69) is 17.1 Å². The van der Waals surface area contributed by atoms with Crippen LogP contribution >= 0.6 is 34.8 Å². The van der Waals surface area contributed by atoms with Gasteiger partial charge in [0.25, 0.3) is 0 Å². The molecule has 0 aliphatic rings. The van der Waals surface area contributed by atoms with Gasteiger partial charge >= 0.3 is 0 Å². The first-order valence-electron chi connectivity index (χ1n) is 5.86. The number of alkyl halides is 1. The predicted octanol–water partition coefficient (Wildman–Crippen LogP) is 4.63. The molecule has 0 fully saturated rings. The Bertz CT molecular complexity index is 531. The summed E-state index contributed by atoms with van der Waals surface area (Å²) in [5.41, 5.74) is 1.18. The zero-order valence-corrected chi connectivity index (χ0v) is 12.5. The molecule has 100 valence electrons. The minimum absolute atomic E-state index is 0.507. The quantitative estimate of drug-likeness (QED) is 0.748. The topological polar surface area (TPSA) is 16.1 Å². The van der Waals surface area contributed by atoms with Crippen LogP contribution in [0, 0.1) is 0 Å². The van der Waals surface area contributed by atoms with E-state index >= 15 is 0 Å². The molecule has 0 aliphatic carbocycles. The lowest BCUT2D eigenvalue weighted by molar-refractivity contribution is 0.817. The molecular formula is C14H13Cl3N2. The molecule has 0 atom stereocenters. The minimum Gasteiger partial charge on any atom is -0.350 e. The van der Waals surface area contributed by atoms with Crippen molar-refractivity contribution in [2.45, 2.75) is 6.54 Å². The van der Waals surface area contributed by atoms with Crippen molar-refractivity contribution in [3.8, 4) is 0 Å². The first kappa shape index (κ1) is 14.4. The predicted molar refractivity (Wildman–Crippen MR) is 82.5 cm³/mol. The maximum absolute atomic E-state index is 6.19. The van der Waals surface area contributed by atoms with Gasteiger partial charge in [-0.15, -0.1) is 11.6 Å². The second kappa shape index (κ2) is 6.99. The summed E-state index contributed by atoms with van der Waals surface area (Å²) in [6.07, 6.45) is 1.59. The standard InChI is InChI=1S/C14H13Cl3N2/c15-6-7-19(10-11-4-2-1-3-5-11)14-13(17)8-12(16)9-18-14/h1-5,8-9H,6-7,10H2. The van der Waals surface area contributed by atoms with Gasteiger partial charge in [-0.05, 0) is 11.6 Å². The van der Waals surface area contributed by atoms with Gasteiger partial charge in [-0.1, -0.05) is 53.5 Å². The van der Waals surface area contributed by atoms with Crippen LogP contribution in [0.1, 0.15) is 5.56 Å². The fourth-order valence-electron chi connectivity index (χ4n) is 1.81. The molecule has 5 heteroatoms. The molecule has 0 amide bonds. The van der Waals surface area contributed by atoms with Gasteiger partial charge in [0.05, 0.1) is 10.0 Å². The number of anilines is 1. The summed E-state index contributed by atoms with van der Waals surface area (Å²) in [5.74, 6) is 1.21. The van der Waals surface area contributed by atoms with E-state index in [1.807, 2.05) is 23.1 Å². The summed E-state index contributed by atoms with van der Waals surface area (Å²) in [6.45, 7) is 1.38. The van der Waals surface area contributed by atoms with Crippen molar-refractivity contribution in [1.29, 1.82) is 0 Å². The summed E-state index contributed by atoms with van der Waals surface area (Å²) in [6, 6.07) is 11.8. The molecule has 1 aromatic carbocycles. The normalized spacial score (nSPS) is 10.5. The average molecular weight is 316 g/mol. The molecule has 0 bridgehead atoms. The van der Waals surface area contributed by atoms with Crippen LogP contribution in [0.25, 0.3) is 0 Å². The number of benzene rings is 1. The van der Waals surface area contributed by atoms with Gasteiger partial charge in [0.15, 0.2) is 0 Å². The smallest absolute Gasteiger partial charge is 0.147 e. The van der Waals surface area contributed by atoms with E-state index in [0.29, 0.717) is 34.8 Å². The van der Waals surface area contributed by atoms with Crippen LogP contribution in [-0.4, -0.2) is 17.4 Å². The van der Waals surface area contributed by atoms with Crippen molar-refractivity contribution in [3.05, 3.63) is 58.2 Å². The van der Waals surface area contributed by atoms with Gasteiger partial charge in [-0.25, -0.2) is 4.98 Å². The highest BCUT2D eigenvalue weighted by Gasteiger charge is 2.12. The fourth-order valence-corrected chi connectivity index (χ4v) is 2.51. The largest absolute Gasteiger partial charge is 0.350 e. The second-order valence-electron chi connectivity index (χ2n) is 4.06.